The number of carbonyl (C=O) groups is 2. The number of hydrogen-bond donors (Lipinski definition) is 1. The second kappa shape index (κ2) is 12.2. The van der Waals surface area contributed by atoms with Gasteiger partial charge in [0.2, 0.25) is 11.8 Å². The fraction of sp³-hybridized carbons (Fsp3) is 0.286. The summed E-state index contributed by atoms with van der Waals surface area (Å²) in [6.45, 7) is 4.84. The van der Waals surface area contributed by atoms with E-state index in [1.54, 1.807) is 4.90 Å². The summed E-state index contributed by atoms with van der Waals surface area (Å²) in [6.07, 6.45) is 1.48. The van der Waals surface area contributed by atoms with Gasteiger partial charge in [0.1, 0.15) is 6.04 Å². The SMILES string of the molecule is CCCNC(=O)C(Cc1ccccc1)N(Cc1ccccc1Cl)C(=O)Cc1ccccc1C. The molecule has 1 N–H and O–H groups in total. The standard InChI is InChI=1S/C28H31ClN2O2/c1-3-17-30-28(33)26(18-22-12-5-4-6-13-22)31(20-24-15-9-10-16-25(24)29)27(32)19-23-14-8-7-11-21(23)2/h4-16,26H,3,17-20H2,1-2H3,(H,30,33). The van der Waals surface area contributed by atoms with Gasteiger partial charge >= 0.3 is 0 Å². The van der Waals surface area contributed by atoms with Crippen LogP contribution in [0.25, 0.3) is 0 Å². The second-order valence-corrected chi connectivity index (χ2v) is 8.62. The highest BCUT2D eigenvalue weighted by Crippen LogP contribution is 2.22. The molecule has 0 bridgehead atoms. The van der Waals surface area contributed by atoms with Gasteiger partial charge in [-0.25, -0.2) is 0 Å². The Kier molecular flexibility index (Phi) is 9.08. The number of halogens is 1. The van der Waals surface area contributed by atoms with Gasteiger partial charge in [-0.15, -0.1) is 0 Å². The average Bonchev–Trinajstić information content (AvgIpc) is 2.83. The van der Waals surface area contributed by atoms with Crippen LogP contribution in [0, 0.1) is 6.92 Å². The van der Waals surface area contributed by atoms with Gasteiger partial charge in [0.15, 0.2) is 0 Å². The molecule has 172 valence electrons. The molecule has 3 aromatic rings. The molecule has 33 heavy (non-hydrogen) atoms. The first kappa shape index (κ1) is 24.5. The van der Waals surface area contributed by atoms with Gasteiger partial charge in [0.25, 0.3) is 0 Å². The van der Waals surface area contributed by atoms with Crippen molar-refractivity contribution in [2.24, 2.45) is 0 Å². The Balaban J connectivity index is 1.97. The molecule has 0 aromatic heterocycles. The fourth-order valence-electron chi connectivity index (χ4n) is 3.80. The first-order valence-electron chi connectivity index (χ1n) is 11.4. The van der Waals surface area contributed by atoms with Crippen molar-refractivity contribution in [3.8, 4) is 0 Å². The Morgan fingerprint density at radius 3 is 2.21 bits per heavy atom. The summed E-state index contributed by atoms with van der Waals surface area (Å²) in [7, 11) is 0. The van der Waals surface area contributed by atoms with Crippen molar-refractivity contribution < 1.29 is 9.59 Å². The van der Waals surface area contributed by atoms with E-state index in [1.165, 1.54) is 0 Å². The number of carbonyl (C=O) groups excluding carboxylic acids is 2. The van der Waals surface area contributed by atoms with E-state index in [9.17, 15) is 9.59 Å². The highest BCUT2D eigenvalue weighted by atomic mass is 35.5. The summed E-state index contributed by atoms with van der Waals surface area (Å²) in [5, 5.41) is 3.58. The summed E-state index contributed by atoms with van der Waals surface area (Å²) < 4.78 is 0. The van der Waals surface area contributed by atoms with Gasteiger partial charge in [-0.2, -0.15) is 0 Å². The van der Waals surface area contributed by atoms with Gasteiger partial charge in [-0.05, 0) is 41.7 Å². The van der Waals surface area contributed by atoms with Crippen LogP contribution in [-0.2, 0) is 29.0 Å². The Morgan fingerprint density at radius 2 is 1.55 bits per heavy atom. The molecule has 0 heterocycles. The fourth-order valence-corrected chi connectivity index (χ4v) is 4.00. The maximum atomic E-state index is 13.7. The molecule has 5 heteroatoms. The van der Waals surface area contributed by atoms with E-state index in [2.05, 4.69) is 5.32 Å². The Morgan fingerprint density at radius 1 is 0.909 bits per heavy atom. The van der Waals surface area contributed by atoms with Crippen LogP contribution >= 0.6 is 11.6 Å². The number of aryl methyl sites for hydroxylation is 1. The van der Waals surface area contributed by atoms with Crippen molar-refractivity contribution in [2.75, 3.05) is 6.54 Å². The predicted octanol–water partition coefficient (Wildman–Crippen LogP) is 5.36. The average molecular weight is 463 g/mol. The minimum Gasteiger partial charge on any atom is -0.354 e. The van der Waals surface area contributed by atoms with Crippen LogP contribution in [0.1, 0.15) is 35.6 Å². The molecule has 0 aliphatic heterocycles. The first-order valence-corrected chi connectivity index (χ1v) is 11.8. The highest BCUT2D eigenvalue weighted by Gasteiger charge is 2.30. The monoisotopic (exact) mass is 462 g/mol. The summed E-state index contributed by atoms with van der Waals surface area (Å²) in [5.41, 5.74) is 3.83. The van der Waals surface area contributed by atoms with Crippen molar-refractivity contribution in [2.45, 2.75) is 45.7 Å². The van der Waals surface area contributed by atoms with Gasteiger partial charge in [0.05, 0.1) is 6.42 Å². The lowest BCUT2D eigenvalue weighted by atomic mass is 10.00. The molecule has 1 atom stereocenters. The van der Waals surface area contributed by atoms with Crippen molar-refractivity contribution in [1.82, 2.24) is 10.2 Å². The van der Waals surface area contributed by atoms with E-state index in [1.807, 2.05) is 92.7 Å². The van der Waals surface area contributed by atoms with Crippen LogP contribution in [0.15, 0.2) is 78.9 Å². The summed E-state index contributed by atoms with van der Waals surface area (Å²) in [6, 6.07) is 24.5. The topological polar surface area (TPSA) is 49.4 Å². The molecule has 3 rings (SSSR count). The molecule has 0 fully saturated rings. The molecular formula is C28H31ClN2O2. The zero-order chi connectivity index (χ0) is 23.6. The largest absolute Gasteiger partial charge is 0.354 e. The lowest BCUT2D eigenvalue weighted by molar-refractivity contribution is -0.140. The molecule has 0 spiro atoms. The highest BCUT2D eigenvalue weighted by molar-refractivity contribution is 6.31. The van der Waals surface area contributed by atoms with Crippen LogP contribution in [0.4, 0.5) is 0 Å². The zero-order valence-electron chi connectivity index (χ0n) is 19.3. The molecule has 1 unspecified atom stereocenters. The summed E-state index contributed by atoms with van der Waals surface area (Å²) in [4.78, 5) is 28.7. The van der Waals surface area contributed by atoms with E-state index in [0.717, 1.165) is 28.7 Å². The van der Waals surface area contributed by atoms with E-state index in [0.29, 0.717) is 18.0 Å². The van der Waals surface area contributed by atoms with E-state index >= 15 is 0 Å². The quantitative estimate of drug-likeness (QED) is 0.441. The minimum absolute atomic E-state index is 0.100. The maximum absolute atomic E-state index is 13.7. The molecule has 4 nitrogen and oxygen atoms in total. The number of benzene rings is 3. The molecule has 0 radical (unpaired) electrons. The first-order chi connectivity index (χ1) is 16.0. The Labute approximate surface area is 201 Å². The number of rotatable bonds is 10. The van der Waals surface area contributed by atoms with E-state index in [4.69, 9.17) is 11.6 Å². The van der Waals surface area contributed by atoms with Crippen LogP contribution < -0.4 is 5.32 Å². The van der Waals surface area contributed by atoms with Crippen LogP contribution in [-0.4, -0.2) is 29.3 Å². The Hall–Kier alpha value is -3.11. The predicted molar refractivity (Wildman–Crippen MR) is 134 cm³/mol. The number of amides is 2. The molecule has 0 saturated carbocycles. The third-order valence-corrected chi connectivity index (χ3v) is 6.09. The van der Waals surface area contributed by atoms with Crippen LogP contribution in [0.5, 0.6) is 0 Å². The van der Waals surface area contributed by atoms with Crippen molar-refractivity contribution in [1.29, 1.82) is 0 Å². The smallest absolute Gasteiger partial charge is 0.243 e. The summed E-state index contributed by atoms with van der Waals surface area (Å²) >= 11 is 6.45. The van der Waals surface area contributed by atoms with Gasteiger partial charge in [-0.3, -0.25) is 9.59 Å². The number of nitrogens with one attached hydrogen (secondary N) is 1. The second-order valence-electron chi connectivity index (χ2n) is 8.21. The van der Waals surface area contributed by atoms with Crippen LogP contribution in [0.3, 0.4) is 0 Å². The van der Waals surface area contributed by atoms with Gasteiger partial charge in [-0.1, -0.05) is 91.3 Å². The zero-order valence-corrected chi connectivity index (χ0v) is 20.0. The normalized spacial score (nSPS) is 11.6. The third kappa shape index (κ3) is 6.93. The molecule has 2 amide bonds. The van der Waals surface area contributed by atoms with E-state index in [-0.39, 0.29) is 24.8 Å². The molecule has 0 aliphatic carbocycles. The number of hydrogen-bond acceptors (Lipinski definition) is 2. The lowest BCUT2D eigenvalue weighted by Gasteiger charge is -2.32. The summed E-state index contributed by atoms with van der Waals surface area (Å²) in [5.74, 6) is -0.248. The van der Waals surface area contributed by atoms with E-state index < -0.39 is 6.04 Å². The van der Waals surface area contributed by atoms with Crippen LogP contribution in [0.2, 0.25) is 5.02 Å². The lowest BCUT2D eigenvalue weighted by Crippen LogP contribution is -2.51. The number of nitrogens with zero attached hydrogens (tertiary/aromatic N) is 1. The van der Waals surface area contributed by atoms with Crippen molar-refractivity contribution in [3.63, 3.8) is 0 Å². The third-order valence-electron chi connectivity index (χ3n) is 5.72. The molecule has 0 saturated heterocycles. The molecular weight excluding hydrogens is 432 g/mol. The maximum Gasteiger partial charge on any atom is 0.243 e. The van der Waals surface area contributed by atoms with Gasteiger partial charge < -0.3 is 10.2 Å². The Bertz CT molecular complexity index is 1070. The van der Waals surface area contributed by atoms with Gasteiger partial charge in [0, 0.05) is 24.5 Å². The molecule has 3 aromatic carbocycles. The van der Waals surface area contributed by atoms with Crippen molar-refractivity contribution in [3.05, 3.63) is 106 Å². The molecule has 0 aliphatic rings. The van der Waals surface area contributed by atoms with Crippen molar-refractivity contribution >= 4 is 23.4 Å². The minimum atomic E-state index is -0.647.